The molecule has 1 aromatic carbocycles. The molecule has 1 heterocycles. The standard InChI is InChI=1S/C14H18N2O3/c1-3-5-10-9-15-14(18)16(13(10)17)11-6-4-7-12(8-11)19-2/h4,6-8,10H,3,5,9H2,1-2H3,(H,15,18). The van der Waals surface area contributed by atoms with Crippen LogP contribution in [0.3, 0.4) is 0 Å². The van der Waals surface area contributed by atoms with Crippen molar-refractivity contribution in [3.63, 3.8) is 0 Å². The lowest BCUT2D eigenvalue weighted by atomic mass is 10.00. The Morgan fingerprint density at radius 3 is 2.89 bits per heavy atom. The number of carbonyl (C=O) groups excluding carboxylic acids is 2. The van der Waals surface area contributed by atoms with Gasteiger partial charge < -0.3 is 10.1 Å². The molecule has 0 spiro atoms. The van der Waals surface area contributed by atoms with E-state index in [9.17, 15) is 9.59 Å². The zero-order valence-electron chi connectivity index (χ0n) is 11.2. The lowest BCUT2D eigenvalue weighted by Gasteiger charge is -2.31. The van der Waals surface area contributed by atoms with Gasteiger partial charge >= 0.3 is 6.03 Å². The number of nitrogens with one attached hydrogen (secondary N) is 1. The first kappa shape index (κ1) is 13.4. The van der Waals surface area contributed by atoms with Gasteiger partial charge in [-0.3, -0.25) is 4.79 Å². The van der Waals surface area contributed by atoms with Crippen LogP contribution in [0.1, 0.15) is 19.8 Å². The van der Waals surface area contributed by atoms with Crippen LogP contribution < -0.4 is 15.0 Å². The van der Waals surface area contributed by atoms with Gasteiger partial charge in [-0.25, -0.2) is 9.69 Å². The number of rotatable bonds is 4. The fourth-order valence-corrected chi connectivity index (χ4v) is 2.23. The van der Waals surface area contributed by atoms with E-state index >= 15 is 0 Å². The van der Waals surface area contributed by atoms with Crippen LogP contribution in [-0.4, -0.2) is 25.6 Å². The van der Waals surface area contributed by atoms with E-state index in [2.05, 4.69) is 5.32 Å². The Morgan fingerprint density at radius 2 is 2.21 bits per heavy atom. The van der Waals surface area contributed by atoms with Gasteiger partial charge in [0.1, 0.15) is 5.75 Å². The molecule has 1 N–H and O–H groups in total. The summed E-state index contributed by atoms with van der Waals surface area (Å²) in [5.74, 6) is 0.337. The highest BCUT2D eigenvalue weighted by atomic mass is 16.5. The number of amides is 3. The second-order valence-electron chi connectivity index (χ2n) is 4.55. The maximum absolute atomic E-state index is 12.4. The molecule has 1 aromatic rings. The number of hydrogen-bond donors (Lipinski definition) is 1. The summed E-state index contributed by atoms with van der Waals surface area (Å²) in [6.07, 6.45) is 1.69. The van der Waals surface area contributed by atoms with E-state index < -0.39 is 0 Å². The maximum atomic E-state index is 12.4. The number of nitrogens with zero attached hydrogens (tertiary/aromatic N) is 1. The average Bonchev–Trinajstić information content (AvgIpc) is 2.42. The Balaban J connectivity index is 2.29. The van der Waals surface area contributed by atoms with Crippen molar-refractivity contribution >= 4 is 17.6 Å². The normalized spacial score (nSPS) is 19.3. The first-order valence-electron chi connectivity index (χ1n) is 6.43. The molecule has 0 saturated carbocycles. The molecule has 1 aliphatic rings. The number of ether oxygens (including phenoxy) is 1. The lowest BCUT2D eigenvalue weighted by Crippen LogP contribution is -2.55. The van der Waals surface area contributed by atoms with E-state index in [1.165, 1.54) is 4.90 Å². The Labute approximate surface area is 112 Å². The third-order valence-corrected chi connectivity index (χ3v) is 3.22. The topological polar surface area (TPSA) is 58.6 Å². The smallest absolute Gasteiger partial charge is 0.328 e. The fourth-order valence-electron chi connectivity index (χ4n) is 2.23. The molecule has 1 fully saturated rings. The number of hydrogen-bond acceptors (Lipinski definition) is 3. The molecule has 1 saturated heterocycles. The molecule has 1 atom stereocenters. The van der Waals surface area contributed by atoms with Crippen LogP contribution in [-0.2, 0) is 4.79 Å². The van der Waals surface area contributed by atoms with Crippen LogP contribution in [0.5, 0.6) is 5.75 Å². The summed E-state index contributed by atoms with van der Waals surface area (Å²) in [5, 5.41) is 2.76. The molecule has 102 valence electrons. The summed E-state index contributed by atoms with van der Waals surface area (Å²) < 4.78 is 5.12. The van der Waals surface area contributed by atoms with E-state index in [-0.39, 0.29) is 17.9 Å². The summed E-state index contributed by atoms with van der Waals surface area (Å²) in [5.41, 5.74) is 0.544. The third-order valence-electron chi connectivity index (χ3n) is 3.22. The first-order chi connectivity index (χ1) is 9.17. The van der Waals surface area contributed by atoms with Crippen molar-refractivity contribution in [2.24, 2.45) is 5.92 Å². The zero-order chi connectivity index (χ0) is 13.8. The van der Waals surface area contributed by atoms with E-state index in [0.717, 1.165) is 12.8 Å². The second-order valence-corrected chi connectivity index (χ2v) is 4.55. The van der Waals surface area contributed by atoms with Crippen LogP contribution in [0.25, 0.3) is 0 Å². The molecule has 0 aromatic heterocycles. The predicted octanol–water partition coefficient (Wildman–Crippen LogP) is 2.17. The van der Waals surface area contributed by atoms with E-state index in [1.54, 1.807) is 31.4 Å². The van der Waals surface area contributed by atoms with Gasteiger partial charge in [0.25, 0.3) is 0 Å². The summed E-state index contributed by atoms with van der Waals surface area (Å²) in [6.45, 7) is 2.45. The van der Waals surface area contributed by atoms with Crippen LogP contribution in [0.15, 0.2) is 24.3 Å². The number of methoxy groups -OCH3 is 1. The minimum atomic E-state index is -0.370. The predicted molar refractivity (Wildman–Crippen MR) is 72.3 cm³/mol. The van der Waals surface area contributed by atoms with Crippen molar-refractivity contribution in [2.45, 2.75) is 19.8 Å². The molecular weight excluding hydrogens is 244 g/mol. The summed E-state index contributed by atoms with van der Waals surface area (Å²) in [4.78, 5) is 25.5. The second kappa shape index (κ2) is 5.73. The van der Waals surface area contributed by atoms with Gasteiger partial charge in [0, 0.05) is 12.6 Å². The number of carbonyl (C=O) groups is 2. The van der Waals surface area contributed by atoms with Gasteiger partial charge in [-0.05, 0) is 18.6 Å². The highest BCUT2D eigenvalue weighted by Crippen LogP contribution is 2.25. The number of benzene rings is 1. The molecule has 1 aliphatic heterocycles. The quantitative estimate of drug-likeness (QED) is 0.904. The lowest BCUT2D eigenvalue weighted by molar-refractivity contribution is -0.122. The molecule has 5 heteroatoms. The highest BCUT2D eigenvalue weighted by molar-refractivity contribution is 6.16. The Hall–Kier alpha value is -2.04. The van der Waals surface area contributed by atoms with Gasteiger partial charge in [0.15, 0.2) is 0 Å². The minimum Gasteiger partial charge on any atom is -0.497 e. The highest BCUT2D eigenvalue weighted by Gasteiger charge is 2.34. The molecule has 0 radical (unpaired) electrons. The largest absolute Gasteiger partial charge is 0.497 e. The van der Waals surface area contributed by atoms with Crippen LogP contribution in [0.4, 0.5) is 10.5 Å². The molecule has 0 bridgehead atoms. The van der Waals surface area contributed by atoms with E-state index in [1.807, 2.05) is 6.92 Å². The van der Waals surface area contributed by atoms with Crippen molar-refractivity contribution in [1.29, 1.82) is 0 Å². The van der Waals surface area contributed by atoms with Crippen molar-refractivity contribution in [2.75, 3.05) is 18.6 Å². The van der Waals surface area contributed by atoms with Crippen molar-refractivity contribution < 1.29 is 14.3 Å². The van der Waals surface area contributed by atoms with Crippen LogP contribution in [0, 0.1) is 5.92 Å². The zero-order valence-corrected chi connectivity index (χ0v) is 11.2. The van der Waals surface area contributed by atoms with Crippen molar-refractivity contribution in [1.82, 2.24) is 5.32 Å². The van der Waals surface area contributed by atoms with Crippen LogP contribution >= 0.6 is 0 Å². The third kappa shape index (κ3) is 2.70. The molecule has 1 unspecified atom stereocenters. The Kier molecular flexibility index (Phi) is 4.04. The molecule has 3 amide bonds. The Bertz CT molecular complexity index is 487. The minimum absolute atomic E-state index is 0.140. The summed E-state index contributed by atoms with van der Waals surface area (Å²) in [7, 11) is 1.55. The SMILES string of the molecule is CCCC1CNC(=O)N(c2cccc(OC)c2)C1=O. The molecule has 5 nitrogen and oxygen atoms in total. The molecule has 0 aliphatic carbocycles. The van der Waals surface area contributed by atoms with Crippen molar-refractivity contribution in [3.8, 4) is 5.75 Å². The van der Waals surface area contributed by atoms with E-state index in [0.29, 0.717) is 18.0 Å². The number of imide groups is 1. The number of anilines is 1. The molecule has 19 heavy (non-hydrogen) atoms. The Morgan fingerprint density at radius 1 is 1.42 bits per heavy atom. The van der Waals surface area contributed by atoms with Crippen LogP contribution in [0.2, 0.25) is 0 Å². The van der Waals surface area contributed by atoms with E-state index in [4.69, 9.17) is 4.74 Å². The molecular formula is C14H18N2O3. The van der Waals surface area contributed by atoms with Gasteiger partial charge in [-0.2, -0.15) is 0 Å². The molecule has 2 rings (SSSR count). The fraction of sp³-hybridized carbons (Fsp3) is 0.429. The van der Waals surface area contributed by atoms with Gasteiger partial charge in [0.2, 0.25) is 5.91 Å². The number of urea groups is 1. The monoisotopic (exact) mass is 262 g/mol. The maximum Gasteiger partial charge on any atom is 0.328 e. The van der Waals surface area contributed by atoms with Gasteiger partial charge in [0.05, 0.1) is 18.7 Å². The average molecular weight is 262 g/mol. The summed E-state index contributed by atoms with van der Waals surface area (Å²) >= 11 is 0. The van der Waals surface area contributed by atoms with Gasteiger partial charge in [-0.1, -0.05) is 19.4 Å². The van der Waals surface area contributed by atoms with Crippen molar-refractivity contribution in [3.05, 3.63) is 24.3 Å². The van der Waals surface area contributed by atoms with Gasteiger partial charge in [-0.15, -0.1) is 0 Å². The summed E-state index contributed by atoms with van der Waals surface area (Å²) in [6, 6.07) is 6.59. The first-order valence-corrected chi connectivity index (χ1v) is 6.43.